The summed E-state index contributed by atoms with van der Waals surface area (Å²) in [5, 5.41) is 9.19. The number of aromatic nitrogens is 2. The van der Waals surface area contributed by atoms with Gasteiger partial charge in [0, 0.05) is 12.3 Å². The fourth-order valence-electron chi connectivity index (χ4n) is 1.92. The molecule has 0 aliphatic heterocycles. The Morgan fingerprint density at radius 2 is 2.00 bits per heavy atom. The molecular weight excluding hydrogens is 341 g/mol. The number of sulfonamides is 1. The highest BCUT2D eigenvalue weighted by atomic mass is 32.2. The van der Waals surface area contributed by atoms with Gasteiger partial charge in [-0.2, -0.15) is 0 Å². The summed E-state index contributed by atoms with van der Waals surface area (Å²) < 4.78 is 45.8. The zero-order valence-corrected chi connectivity index (χ0v) is 13.8. The van der Waals surface area contributed by atoms with Crippen molar-refractivity contribution in [2.24, 2.45) is 0 Å². The van der Waals surface area contributed by atoms with Crippen LogP contribution >= 0.6 is 11.3 Å². The molecule has 0 radical (unpaired) electrons. The van der Waals surface area contributed by atoms with E-state index in [-0.39, 0.29) is 10.1 Å². The molecule has 0 atom stereocenters. The molecule has 6 nitrogen and oxygen atoms in total. The molecule has 23 heavy (non-hydrogen) atoms. The molecule has 2 heterocycles. The second kappa shape index (κ2) is 5.74. The van der Waals surface area contributed by atoms with Crippen LogP contribution in [0.5, 0.6) is 0 Å². The summed E-state index contributed by atoms with van der Waals surface area (Å²) in [6.45, 7) is 3.28. The van der Waals surface area contributed by atoms with Gasteiger partial charge in [-0.1, -0.05) is 0 Å². The Morgan fingerprint density at radius 1 is 1.22 bits per heavy atom. The lowest BCUT2D eigenvalue weighted by atomic mass is 10.2. The first-order valence-electron chi connectivity index (χ1n) is 6.53. The number of halogens is 1. The first-order chi connectivity index (χ1) is 10.8. The van der Waals surface area contributed by atoms with E-state index in [1.807, 2.05) is 0 Å². The zero-order chi connectivity index (χ0) is 16.6. The summed E-state index contributed by atoms with van der Waals surface area (Å²) in [6, 6.07) is 5.31. The monoisotopic (exact) mass is 353 g/mol. The normalized spacial score (nSPS) is 11.6. The number of aryl methyl sites for hydroxylation is 2. The van der Waals surface area contributed by atoms with Crippen molar-refractivity contribution in [1.82, 2.24) is 10.2 Å². The second-order valence-corrected chi connectivity index (χ2v) is 7.67. The molecule has 0 saturated heterocycles. The third kappa shape index (κ3) is 3.25. The first kappa shape index (κ1) is 15.6. The fraction of sp³-hybridized carbons (Fsp3) is 0.143. The van der Waals surface area contributed by atoms with E-state index in [0.717, 1.165) is 11.3 Å². The van der Waals surface area contributed by atoms with Crippen molar-refractivity contribution >= 4 is 27.0 Å². The lowest BCUT2D eigenvalue weighted by Crippen LogP contribution is -2.12. The van der Waals surface area contributed by atoms with E-state index in [0.29, 0.717) is 22.7 Å². The topological polar surface area (TPSA) is 85.1 Å². The summed E-state index contributed by atoms with van der Waals surface area (Å²) in [5.41, 5.74) is 1.36. The highest BCUT2D eigenvalue weighted by Gasteiger charge is 2.20. The quantitative estimate of drug-likeness (QED) is 0.777. The average molecular weight is 353 g/mol. The summed E-state index contributed by atoms with van der Waals surface area (Å²) in [5.74, 6) is 0.240. The van der Waals surface area contributed by atoms with Crippen LogP contribution in [0, 0.1) is 19.7 Å². The maximum atomic E-state index is 13.1. The third-order valence-corrected chi connectivity index (χ3v) is 5.85. The summed E-state index contributed by atoms with van der Waals surface area (Å²) in [6.07, 6.45) is 0. The number of nitrogens with one attached hydrogen (secondary N) is 1. The van der Waals surface area contributed by atoms with Gasteiger partial charge in [-0.15, -0.1) is 21.5 Å². The van der Waals surface area contributed by atoms with Crippen molar-refractivity contribution in [2.45, 2.75) is 18.1 Å². The maximum absolute atomic E-state index is 13.1. The van der Waals surface area contributed by atoms with Crippen LogP contribution in [-0.2, 0) is 10.0 Å². The van der Waals surface area contributed by atoms with Crippen LogP contribution in [-0.4, -0.2) is 18.6 Å². The highest BCUT2D eigenvalue weighted by molar-refractivity contribution is 7.94. The van der Waals surface area contributed by atoms with Gasteiger partial charge in [-0.25, -0.2) is 12.8 Å². The minimum absolute atomic E-state index is 0.104. The van der Waals surface area contributed by atoms with E-state index in [1.54, 1.807) is 19.2 Å². The molecule has 120 valence electrons. The van der Waals surface area contributed by atoms with Gasteiger partial charge in [-0.05, 0) is 36.8 Å². The van der Waals surface area contributed by atoms with E-state index in [2.05, 4.69) is 14.9 Å². The molecule has 0 unspecified atom stereocenters. The first-order valence-corrected chi connectivity index (χ1v) is 8.89. The predicted octanol–water partition coefficient (Wildman–Crippen LogP) is 3.35. The second-order valence-electron chi connectivity index (χ2n) is 4.85. The molecule has 0 spiro atoms. The molecule has 2 aromatic heterocycles. The van der Waals surface area contributed by atoms with Crippen LogP contribution in [0.1, 0.15) is 11.5 Å². The van der Waals surface area contributed by atoms with Crippen molar-refractivity contribution in [3.8, 4) is 11.5 Å². The van der Waals surface area contributed by atoms with Gasteiger partial charge in [0.15, 0.2) is 0 Å². The number of benzene rings is 1. The number of nitrogens with zero attached hydrogens (tertiary/aromatic N) is 2. The van der Waals surface area contributed by atoms with E-state index < -0.39 is 15.8 Å². The Bertz CT molecular complexity index is 963. The van der Waals surface area contributed by atoms with Gasteiger partial charge in [0.05, 0.1) is 11.3 Å². The third-order valence-electron chi connectivity index (χ3n) is 3.05. The Balaban J connectivity index is 1.89. The standard InChI is InChI=1S/C14H12FN3O3S2/c1-8-5-11(15)3-4-12(8)18-23(19,20)13-6-10(7-22-13)14-17-16-9(2)21-14/h3-7,18H,1-2H3. The molecule has 3 rings (SSSR count). The smallest absolute Gasteiger partial charge is 0.271 e. The summed E-state index contributed by atoms with van der Waals surface area (Å²) in [4.78, 5) is 0. The molecule has 1 aromatic carbocycles. The van der Waals surface area contributed by atoms with Crippen LogP contribution < -0.4 is 4.72 Å². The molecule has 3 aromatic rings. The molecular formula is C14H12FN3O3S2. The van der Waals surface area contributed by atoms with Gasteiger partial charge < -0.3 is 4.42 Å². The Morgan fingerprint density at radius 3 is 2.65 bits per heavy atom. The number of thiophene rings is 1. The Labute approximate surface area is 136 Å². The largest absolute Gasteiger partial charge is 0.421 e. The maximum Gasteiger partial charge on any atom is 0.271 e. The average Bonchev–Trinajstić information content (AvgIpc) is 3.10. The van der Waals surface area contributed by atoms with Crippen molar-refractivity contribution in [3.05, 3.63) is 46.9 Å². The van der Waals surface area contributed by atoms with Gasteiger partial charge in [0.2, 0.25) is 11.8 Å². The number of hydrogen-bond donors (Lipinski definition) is 1. The predicted molar refractivity (Wildman–Crippen MR) is 84.3 cm³/mol. The van der Waals surface area contributed by atoms with Crippen molar-refractivity contribution in [3.63, 3.8) is 0 Å². The SMILES string of the molecule is Cc1nnc(-c2csc(S(=O)(=O)Nc3ccc(F)cc3C)c2)o1. The molecule has 0 aliphatic carbocycles. The Hall–Kier alpha value is -2.26. The molecule has 0 fully saturated rings. The zero-order valence-electron chi connectivity index (χ0n) is 12.2. The lowest BCUT2D eigenvalue weighted by molar-refractivity contribution is 0.533. The van der Waals surface area contributed by atoms with Gasteiger partial charge in [0.25, 0.3) is 10.0 Å². The molecule has 0 amide bonds. The van der Waals surface area contributed by atoms with Crippen molar-refractivity contribution in [1.29, 1.82) is 0 Å². The molecule has 0 bridgehead atoms. The molecule has 0 saturated carbocycles. The minimum atomic E-state index is -3.77. The number of rotatable bonds is 4. The van der Waals surface area contributed by atoms with Gasteiger partial charge in [0.1, 0.15) is 10.0 Å². The van der Waals surface area contributed by atoms with Crippen LogP contribution in [0.3, 0.4) is 0 Å². The van der Waals surface area contributed by atoms with E-state index in [9.17, 15) is 12.8 Å². The van der Waals surface area contributed by atoms with Crippen LogP contribution in [0.4, 0.5) is 10.1 Å². The van der Waals surface area contributed by atoms with E-state index in [4.69, 9.17) is 4.42 Å². The highest BCUT2D eigenvalue weighted by Crippen LogP contribution is 2.29. The number of hydrogen-bond acceptors (Lipinski definition) is 6. The van der Waals surface area contributed by atoms with Crippen LogP contribution in [0.15, 0.2) is 38.3 Å². The van der Waals surface area contributed by atoms with Crippen molar-refractivity contribution in [2.75, 3.05) is 4.72 Å². The molecule has 1 N–H and O–H groups in total. The van der Waals surface area contributed by atoms with E-state index >= 15 is 0 Å². The summed E-state index contributed by atoms with van der Waals surface area (Å²) >= 11 is 1.04. The molecule has 9 heteroatoms. The minimum Gasteiger partial charge on any atom is -0.421 e. The summed E-state index contributed by atoms with van der Waals surface area (Å²) in [7, 11) is -3.77. The van der Waals surface area contributed by atoms with Crippen molar-refractivity contribution < 1.29 is 17.2 Å². The van der Waals surface area contributed by atoms with E-state index in [1.165, 1.54) is 24.3 Å². The molecule has 0 aliphatic rings. The number of anilines is 1. The van der Waals surface area contributed by atoms with Crippen LogP contribution in [0.2, 0.25) is 0 Å². The fourth-order valence-corrected chi connectivity index (χ4v) is 4.20. The van der Waals surface area contributed by atoms with Gasteiger partial charge >= 0.3 is 0 Å². The van der Waals surface area contributed by atoms with Gasteiger partial charge in [-0.3, -0.25) is 4.72 Å². The lowest BCUT2D eigenvalue weighted by Gasteiger charge is -2.09. The van der Waals surface area contributed by atoms with Crippen LogP contribution in [0.25, 0.3) is 11.5 Å². The Kier molecular flexibility index (Phi) is 3.90.